The number of nitrogens with zero attached hydrogens (tertiary/aromatic N) is 1. The molecule has 3 nitrogen and oxygen atoms in total. The van der Waals surface area contributed by atoms with Gasteiger partial charge in [0, 0.05) is 34.8 Å². The van der Waals surface area contributed by atoms with Gasteiger partial charge in [-0.15, -0.1) is 0 Å². The summed E-state index contributed by atoms with van der Waals surface area (Å²) in [6, 6.07) is 12.7. The maximum absolute atomic E-state index is 12.2. The molecule has 0 aliphatic rings. The number of hydrogen-bond donors (Lipinski definition) is 1. The largest absolute Gasteiger partial charge is 0.378 e. The van der Waals surface area contributed by atoms with Crippen molar-refractivity contribution in [1.29, 1.82) is 0 Å². The van der Waals surface area contributed by atoms with Gasteiger partial charge in [0.25, 0.3) is 5.91 Å². The molecule has 2 aromatic rings. The van der Waals surface area contributed by atoms with Crippen molar-refractivity contribution in [2.24, 2.45) is 0 Å². The molecule has 0 saturated heterocycles. The lowest BCUT2D eigenvalue weighted by atomic mass is 10.1. The Morgan fingerprint density at radius 1 is 1.20 bits per heavy atom. The average Bonchev–Trinajstić information content (AvgIpc) is 2.42. The Labute approximate surface area is 131 Å². The first-order valence-electron chi connectivity index (χ1n) is 6.01. The fourth-order valence-electron chi connectivity index (χ4n) is 1.71. The standard InChI is InChI=1S/C15H14BrClN2O/c1-19(2)12-5-3-4-10(8-12)15(20)18-14-7-6-11(17)9-13(14)16/h3-9H,1-2H3,(H,18,20). The van der Waals surface area contributed by atoms with Gasteiger partial charge in [-0.3, -0.25) is 4.79 Å². The Bertz CT molecular complexity index is 644. The van der Waals surface area contributed by atoms with Gasteiger partial charge in [0.1, 0.15) is 0 Å². The minimum absolute atomic E-state index is 0.156. The number of nitrogens with one attached hydrogen (secondary N) is 1. The number of anilines is 2. The summed E-state index contributed by atoms with van der Waals surface area (Å²) in [5, 5.41) is 3.47. The first kappa shape index (κ1) is 14.9. The molecule has 0 heterocycles. The zero-order valence-electron chi connectivity index (χ0n) is 11.2. The van der Waals surface area contributed by atoms with E-state index in [4.69, 9.17) is 11.6 Å². The highest BCUT2D eigenvalue weighted by molar-refractivity contribution is 9.10. The second-order valence-electron chi connectivity index (χ2n) is 4.52. The van der Waals surface area contributed by atoms with Gasteiger partial charge in [0.15, 0.2) is 0 Å². The molecule has 1 amide bonds. The van der Waals surface area contributed by atoms with Crippen molar-refractivity contribution in [3.05, 3.63) is 57.5 Å². The van der Waals surface area contributed by atoms with Crippen LogP contribution in [0.15, 0.2) is 46.9 Å². The van der Waals surface area contributed by atoms with Crippen LogP contribution in [0.5, 0.6) is 0 Å². The molecule has 0 unspecified atom stereocenters. The first-order chi connectivity index (χ1) is 9.47. The van der Waals surface area contributed by atoms with Gasteiger partial charge in [-0.25, -0.2) is 0 Å². The van der Waals surface area contributed by atoms with Crippen molar-refractivity contribution < 1.29 is 4.79 Å². The van der Waals surface area contributed by atoms with Gasteiger partial charge in [0.2, 0.25) is 0 Å². The number of carbonyl (C=O) groups excluding carboxylic acids is 1. The van der Waals surface area contributed by atoms with E-state index in [1.165, 1.54) is 0 Å². The summed E-state index contributed by atoms with van der Waals surface area (Å²) >= 11 is 9.26. The molecule has 0 aliphatic heterocycles. The molecule has 5 heteroatoms. The third-order valence-electron chi connectivity index (χ3n) is 2.80. The summed E-state index contributed by atoms with van der Waals surface area (Å²) in [6.07, 6.45) is 0. The summed E-state index contributed by atoms with van der Waals surface area (Å²) in [5.74, 6) is -0.156. The molecule has 0 radical (unpaired) electrons. The number of carbonyl (C=O) groups is 1. The van der Waals surface area contributed by atoms with E-state index >= 15 is 0 Å². The van der Waals surface area contributed by atoms with Crippen molar-refractivity contribution >= 4 is 44.8 Å². The highest BCUT2D eigenvalue weighted by Gasteiger charge is 2.09. The summed E-state index contributed by atoms with van der Waals surface area (Å²) in [5.41, 5.74) is 2.28. The van der Waals surface area contributed by atoms with Crippen LogP contribution in [-0.2, 0) is 0 Å². The van der Waals surface area contributed by atoms with Crippen molar-refractivity contribution in [3.8, 4) is 0 Å². The van der Waals surface area contributed by atoms with E-state index in [2.05, 4.69) is 21.2 Å². The molecule has 0 aliphatic carbocycles. The van der Waals surface area contributed by atoms with Gasteiger partial charge in [0.05, 0.1) is 5.69 Å². The van der Waals surface area contributed by atoms with Crippen LogP contribution in [-0.4, -0.2) is 20.0 Å². The van der Waals surface area contributed by atoms with Crippen LogP contribution >= 0.6 is 27.5 Å². The number of amides is 1. The topological polar surface area (TPSA) is 32.3 Å². The van der Waals surface area contributed by atoms with E-state index in [0.717, 1.165) is 10.2 Å². The zero-order chi connectivity index (χ0) is 14.7. The second kappa shape index (κ2) is 6.29. The molecule has 2 aromatic carbocycles. The van der Waals surface area contributed by atoms with Crippen molar-refractivity contribution in [3.63, 3.8) is 0 Å². The second-order valence-corrected chi connectivity index (χ2v) is 5.81. The van der Waals surface area contributed by atoms with E-state index in [1.54, 1.807) is 24.3 Å². The van der Waals surface area contributed by atoms with Crippen LogP contribution in [0.3, 0.4) is 0 Å². The van der Waals surface area contributed by atoms with E-state index in [1.807, 2.05) is 37.2 Å². The summed E-state index contributed by atoms with van der Waals surface area (Å²) in [4.78, 5) is 14.2. The van der Waals surface area contributed by atoms with Crippen LogP contribution in [0.4, 0.5) is 11.4 Å². The SMILES string of the molecule is CN(C)c1cccc(C(=O)Nc2ccc(Cl)cc2Br)c1. The van der Waals surface area contributed by atoms with Gasteiger partial charge in [-0.2, -0.15) is 0 Å². The molecule has 104 valence electrons. The molecular weight excluding hydrogens is 340 g/mol. The molecule has 20 heavy (non-hydrogen) atoms. The van der Waals surface area contributed by atoms with Gasteiger partial charge in [-0.05, 0) is 52.3 Å². The van der Waals surface area contributed by atoms with Crippen LogP contribution in [0.2, 0.25) is 5.02 Å². The number of halogens is 2. The third kappa shape index (κ3) is 3.52. The highest BCUT2D eigenvalue weighted by atomic mass is 79.9. The van der Waals surface area contributed by atoms with Crippen molar-refractivity contribution in [2.45, 2.75) is 0 Å². The fourth-order valence-corrected chi connectivity index (χ4v) is 2.49. The lowest BCUT2D eigenvalue weighted by molar-refractivity contribution is 0.102. The molecule has 0 saturated carbocycles. The van der Waals surface area contributed by atoms with Crippen LogP contribution in [0, 0.1) is 0 Å². The molecule has 0 fully saturated rings. The monoisotopic (exact) mass is 352 g/mol. The van der Waals surface area contributed by atoms with Crippen LogP contribution in [0.25, 0.3) is 0 Å². The first-order valence-corrected chi connectivity index (χ1v) is 7.18. The molecule has 2 rings (SSSR count). The minimum atomic E-state index is -0.156. The van der Waals surface area contributed by atoms with Gasteiger partial charge in [-0.1, -0.05) is 17.7 Å². The number of benzene rings is 2. The molecule has 0 bridgehead atoms. The molecule has 1 N–H and O–H groups in total. The third-order valence-corrected chi connectivity index (χ3v) is 3.70. The highest BCUT2D eigenvalue weighted by Crippen LogP contribution is 2.26. The van der Waals surface area contributed by atoms with Crippen LogP contribution < -0.4 is 10.2 Å². The predicted octanol–water partition coefficient (Wildman–Crippen LogP) is 4.42. The smallest absolute Gasteiger partial charge is 0.255 e. The zero-order valence-corrected chi connectivity index (χ0v) is 13.5. The van der Waals surface area contributed by atoms with Crippen molar-refractivity contribution in [2.75, 3.05) is 24.3 Å². The number of rotatable bonds is 3. The molecule has 0 aromatic heterocycles. The Morgan fingerprint density at radius 3 is 2.60 bits per heavy atom. The number of hydrogen-bond acceptors (Lipinski definition) is 2. The molecular formula is C15H14BrClN2O. The normalized spacial score (nSPS) is 10.2. The molecule has 0 atom stereocenters. The Hall–Kier alpha value is -1.52. The summed E-state index contributed by atoms with van der Waals surface area (Å²) in [7, 11) is 3.87. The van der Waals surface area contributed by atoms with Gasteiger partial charge < -0.3 is 10.2 Å². The molecule has 0 spiro atoms. The summed E-state index contributed by atoms with van der Waals surface area (Å²) < 4.78 is 0.752. The predicted molar refractivity (Wildman–Crippen MR) is 87.9 cm³/mol. The maximum Gasteiger partial charge on any atom is 0.255 e. The Balaban J connectivity index is 2.21. The van der Waals surface area contributed by atoms with E-state index < -0.39 is 0 Å². The lowest BCUT2D eigenvalue weighted by Gasteiger charge is -2.14. The van der Waals surface area contributed by atoms with E-state index in [-0.39, 0.29) is 5.91 Å². The fraction of sp³-hybridized carbons (Fsp3) is 0.133. The maximum atomic E-state index is 12.2. The van der Waals surface area contributed by atoms with E-state index in [9.17, 15) is 4.79 Å². The Kier molecular flexibility index (Phi) is 4.68. The van der Waals surface area contributed by atoms with Crippen molar-refractivity contribution in [1.82, 2.24) is 0 Å². The van der Waals surface area contributed by atoms with E-state index in [0.29, 0.717) is 16.3 Å². The Morgan fingerprint density at radius 2 is 1.95 bits per heavy atom. The average molecular weight is 354 g/mol. The quantitative estimate of drug-likeness (QED) is 0.886. The minimum Gasteiger partial charge on any atom is -0.378 e. The van der Waals surface area contributed by atoms with Gasteiger partial charge >= 0.3 is 0 Å². The lowest BCUT2D eigenvalue weighted by Crippen LogP contribution is -2.14. The van der Waals surface area contributed by atoms with Crippen LogP contribution in [0.1, 0.15) is 10.4 Å². The summed E-state index contributed by atoms with van der Waals surface area (Å²) in [6.45, 7) is 0.